The molecule has 1 aromatic carbocycles. The van der Waals surface area contributed by atoms with Gasteiger partial charge in [-0.1, -0.05) is 18.2 Å². The summed E-state index contributed by atoms with van der Waals surface area (Å²) in [5, 5.41) is 0. The van der Waals surface area contributed by atoms with Crippen molar-refractivity contribution in [2.75, 3.05) is 0 Å². The van der Waals surface area contributed by atoms with Crippen molar-refractivity contribution in [2.45, 2.75) is 0 Å². The largest absolute Gasteiger partial charge is 0.426 e. The average molecular weight is 152 g/mol. The van der Waals surface area contributed by atoms with Crippen LogP contribution in [-0.4, -0.2) is 6.09 Å². The van der Waals surface area contributed by atoms with E-state index in [1.165, 1.54) is 0 Å². The molecule has 0 fully saturated rings. The topological polar surface area (TPSA) is 64.3 Å². The van der Waals surface area contributed by atoms with Crippen molar-refractivity contribution in [1.29, 1.82) is 0 Å². The van der Waals surface area contributed by atoms with E-state index in [1.807, 2.05) is 11.5 Å². The van der Waals surface area contributed by atoms with Gasteiger partial charge in [0.25, 0.3) is 0 Å². The van der Waals surface area contributed by atoms with Gasteiger partial charge in [0.15, 0.2) is 0 Å². The Balaban J connectivity index is 2.58. The number of ether oxygens (including phenoxy) is 1. The number of nitrogens with two attached hydrogens (primary N) is 1. The number of hydrazine groups is 1. The smallest absolute Gasteiger partial charge is 0.409 e. The molecule has 11 heavy (non-hydrogen) atoms. The maximum atomic E-state index is 10.5. The lowest BCUT2D eigenvalue weighted by Gasteiger charge is -2.00. The lowest BCUT2D eigenvalue weighted by molar-refractivity contribution is 0.200. The molecule has 0 heterocycles. The van der Waals surface area contributed by atoms with Crippen LogP contribution in [0, 0.1) is 0 Å². The number of amides is 1. The molecule has 0 saturated heterocycles. The molecule has 0 aliphatic heterocycles. The van der Waals surface area contributed by atoms with Crippen molar-refractivity contribution >= 4 is 6.09 Å². The van der Waals surface area contributed by atoms with Gasteiger partial charge in [0.1, 0.15) is 5.75 Å². The summed E-state index contributed by atoms with van der Waals surface area (Å²) >= 11 is 0. The van der Waals surface area contributed by atoms with Crippen LogP contribution in [0.4, 0.5) is 4.79 Å². The predicted octanol–water partition coefficient (Wildman–Crippen LogP) is 0.649. The van der Waals surface area contributed by atoms with Crippen molar-refractivity contribution in [1.82, 2.24) is 5.43 Å². The van der Waals surface area contributed by atoms with Crippen LogP contribution in [-0.2, 0) is 0 Å². The second-order valence-corrected chi connectivity index (χ2v) is 1.85. The van der Waals surface area contributed by atoms with Crippen LogP contribution in [0.5, 0.6) is 5.75 Å². The maximum absolute atomic E-state index is 10.5. The summed E-state index contributed by atoms with van der Waals surface area (Å²) in [6.07, 6.45) is -0.670. The first-order valence-electron chi connectivity index (χ1n) is 3.06. The van der Waals surface area contributed by atoms with Crippen molar-refractivity contribution in [3.05, 3.63) is 30.3 Å². The molecule has 4 heteroatoms. The molecule has 1 rings (SSSR count). The lowest BCUT2D eigenvalue weighted by atomic mass is 10.3. The fourth-order valence-electron chi connectivity index (χ4n) is 0.625. The van der Waals surface area contributed by atoms with E-state index in [-0.39, 0.29) is 0 Å². The summed E-state index contributed by atoms with van der Waals surface area (Å²) in [6.45, 7) is 0. The number of para-hydroxylation sites is 1. The molecule has 4 nitrogen and oxygen atoms in total. The van der Waals surface area contributed by atoms with E-state index in [4.69, 9.17) is 5.84 Å². The Morgan fingerprint density at radius 1 is 1.36 bits per heavy atom. The second kappa shape index (κ2) is 3.58. The number of carbonyl (C=O) groups is 1. The molecule has 0 saturated carbocycles. The summed E-state index contributed by atoms with van der Waals surface area (Å²) in [4.78, 5) is 10.5. The minimum Gasteiger partial charge on any atom is -0.409 e. The van der Waals surface area contributed by atoms with E-state index in [0.717, 1.165) is 0 Å². The van der Waals surface area contributed by atoms with Crippen LogP contribution >= 0.6 is 0 Å². The Morgan fingerprint density at radius 3 is 2.55 bits per heavy atom. The number of hydrogen-bond acceptors (Lipinski definition) is 3. The van der Waals surface area contributed by atoms with Crippen molar-refractivity contribution in [3.63, 3.8) is 0 Å². The molecular weight excluding hydrogens is 144 g/mol. The van der Waals surface area contributed by atoms with Crippen LogP contribution in [0.3, 0.4) is 0 Å². The predicted molar refractivity (Wildman–Crippen MR) is 39.8 cm³/mol. The monoisotopic (exact) mass is 152 g/mol. The Hall–Kier alpha value is -1.55. The summed E-state index contributed by atoms with van der Waals surface area (Å²) < 4.78 is 4.69. The Kier molecular flexibility index (Phi) is 2.46. The van der Waals surface area contributed by atoms with Crippen LogP contribution in [0.1, 0.15) is 0 Å². The van der Waals surface area contributed by atoms with E-state index in [1.54, 1.807) is 24.3 Å². The minimum atomic E-state index is -0.670. The van der Waals surface area contributed by atoms with Gasteiger partial charge in [0.05, 0.1) is 0 Å². The Bertz CT molecular complexity index is 235. The fourth-order valence-corrected chi connectivity index (χ4v) is 0.625. The number of carbonyl (C=O) groups excluding carboxylic acids is 1. The van der Waals surface area contributed by atoms with E-state index in [9.17, 15) is 4.79 Å². The first kappa shape index (κ1) is 7.56. The van der Waals surface area contributed by atoms with Crippen LogP contribution in [0.25, 0.3) is 0 Å². The highest BCUT2D eigenvalue weighted by Gasteiger charge is 1.98. The molecule has 0 aliphatic carbocycles. The summed E-state index contributed by atoms with van der Waals surface area (Å²) in [5.74, 6) is 5.26. The van der Waals surface area contributed by atoms with Crippen molar-refractivity contribution in [3.8, 4) is 5.75 Å². The van der Waals surface area contributed by atoms with Gasteiger partial charge in [-0.3, -0.25) is 5.43 Å². The minimum absolute atomic E-state index is 0.468. The molecule has 3 N–H and O–H groups in total. The lowest BCUT2D eigenvalue weighted by Crippen LogP contribution is -2.32. The number of rotatable bonds is 1. The fraction of sp³-hybridized carbons (Fsp3) is 0. The normalized spacial score (nSPS) is 8.82. The van der Waals surface area contributed by atoms with Gasteiger partial charge in [0, 0.05) is 0 Å². The second-order valence-electron chi connectivity index (χ2n) is 1.85. The standard InChI is InChI=1S/C7H8N2O2/c8-9-7(10)11-6-4-2-1-3-5-6/h1-5H,8H2,(H,9,10). The van der Waals surface area contributed by atoms with Crippen LogP contribution in [0.2, 0.25) is 0 Å². The van der Waals surface area contributed by atoms with Gasteiger partial charge in [-0.25, -0.2) is 10.6 Å². The first-order chi connectivity index (χ1) is 5.33. The van der Waals surface area contributed by atoms with Gasteiger partial charge in [0.2, 0.25) is 0 Å². The zero-order valence-corrected chi connectivity index (χ0v) is 5.78. The van der Waals surface area contributed by atoms with Crippen molar-refractivity contribution < 1.29 is 9.53 Å². The Morgan fingerprint density at radius 2 is 2.00 bits per heavy atom. The third-order valence-corrected chi connectivity index (χ3v) is 1.07. The van der Waals surface area contributed by atoms with Crippen LogP contribution in [0.15, 0.2) is 30.3 Å². The molecule has 0 bridgehead atoms. The third-order valence-electron chi connectivity index (χ3n) is 1.07. The van der Waals surface area contributed by atoms with Gasteiger partial charge < -0.3 is 4.74 Å². The molecule has 1 aromatic rings. The zero-order valence-electron chi connectivity index (χ0n) is 5.78. The molecule has 0 atom stereocenters. The quantitative estimate of drug-likeness (QED) is 0.353. The van der Waals surface area contributed by atoms with E-state index in [0.29, 0.717) is 5.75 Å². The van der Waals surface area contributed by atoms with Gasteiger partial charge in [-0.05, 0) is 12.1 Å². The third kappa shape index (κ3) is 2.27. The summed E-state index contributed by atoms with van der Waals surface area (Å²) in [7, 11) is 0. The molecule has 0 aliphatic rings. The Labute approximate surface area is 63.9 Å². The molecular formula is C7H8N2O2. The highest BCUT2D eigenvalue weighted by atomic mass is 16.6. The highest BCUT2D eigenvalue weighted by molar-refractivity contribution is 5.69. The van der Waals surface area contributed by atoms with Gasteiger partial charge >= 0.3 is 6.09 Å². The average Bonchev–Trinajstić information content (AvgIpc) is 2.06. The van der Waals surface area contributed by atoms with Crippen molar-refractivity contribution in [2.24, 2.45) is 5.84 Å². The zero-order chi connectivity index (χ0) is 8.10. The summed E-state index contributed by atoms with van der Waals surface area (Å²) in [5.41, 5.74) is 1.85. The molecule has 0 unspecified atom stereocenters. The van der Waals surface area contributed by atoms with Gasteiger partial charge in [-0.15, -0.1) is 0 Å². The number of nitrogens with one attached hydrogen (secondary N) is 1. The van der Waals surface area contributed by atoms with E-state index in [2.05, 4.69) is 4.74 Å². The molecule has 0 radical (unpaired) electrons. The molecule has 0 spiro atoms. The molecule has 58 valence electrons. The van der Waals surface area contributed by atoms with E-state index < -0.39 is 6.09 Å². The maximum Gasteiger partial charge on any atom is 0.426 e. The first-order valence-corrected chi connectivity index (χ1v) is 3.06. The summed E-state index contributed by atoms with van der Waals surface area (Å²) in [6, 6.07) is 8.68. The van der Waals surface area contributed by atoms with Gasteiger partial charge in [-0.2, -0.15) is 0 Å². The number of benzene rings is 1. The number of hydrogen-bond donors (Lipinski definition) is 2. The molecule has 1 amide bonds. The van der Waals surface area contributed by atoms with E-state index >= 15 is 0 Å². The van der Waals surface area contributed by atoms with Crippen LogP contribution < -0.4 is 16.0 Å². The SMILES string of the molecule is NNC(=O)Oc1ccccc1. The highest BCUT2D eigenvalue weighted by Crippen LogP contribution is 2.07. The molecule has 0 aromatic heterocycles.